The monoisotopic (exact) mass is 275 g/mol. The molecule has 0 fully saturated rings. The van der Waals surface area contributed by atoms with Crippen LogP contribution in [0.2, 0.25) is 0 Å². The molecule has 106 valence electrons. The van der Waals surface area contributed by atoms with Gasteiger partial charge in [0.2, 0.25) is 0 Å². The number of hydrogen-bond donors (Lipinski definition) is 2. The van der Waals surface area contributed by atoms with Crippen molar-refractivity contribution < 1.29 is 9.13 Å². The first-order valence-corrected chi connectivity index (χ1v) is 6.91. The number of pyridine rings is 1. The maximum atomic E-state index is 14.1. The number of benzene rings is 1. The van der Waals surface area contributed by atoms with Crippen LogP contribution in [0.1, 0.15) is 30.5 Å². The van der Waals surface area contributed by atoms with E-state index in [0.717, 1.165) is 49.0 Å². The topological polar surface area (TPSA) is 60.2 Å². The van der Waals surface area contributed by atoms with Crippen LogP contribution >= 0.6 is 0 Å². The zero-order chi connectivity index (χ0) is 14.1. The van der Waals surface area contributed by atoms with E-state index in [2.05, 4.69) is 10.4 Å². The number of ether oxygens (including phenoxy) is 1. The Kier molecular flexibility index (Phi) is 3.44. The minimum atomic E-state index is -0.343. The lowest BCUT2D eigenvalue weighted by atomic mass is 10.0. The van der Waals surface area contributed by atoms with E-state index >= 15 is 0 Å². The van der Waals surface area contributed by atoms with Crippen LogP contribution in [0.5, 0.6) is 5.75 Å². The van der Waals surface area contributed by atoms with Crippen molar-refractivity contribution in [1.29, 1.82) is 0 Å². The van der Waals surface area contributed by atoms with E-state index in [1.807, 2.05) is 0 Å². The number of anilines is 1. The van der Waals surface area contributed by atoms with Gasteiger partial charge in [-0.3, -0.25) is 5.84 Å². The number of halogens is 1. The number of aromatic nitrogens is 1. The van der Waals surface area contributed by atoms with Crippen LogP contribution in [0.3, 0.4) is 0 Å². The first-order chi connectivity index (χ1) is 9.76. The van der Waals surface area contributed by atoms with E-state index in [9.17, 15) is 4.39 Å². The van der Waals surface area contributed by atoms with Gasteiger partial charge >= 0.3 is 0 Å². The van der Waals surface area contributed by atoms with Gasteiger partial charge in [-0.1, -0.05) is 6.42 Å². The van der Waals surface area contributed by atoms with Crippen LogP contribution in [-0.2, 0) is 12.8 Å². The SMILES string of the molecule is COc1ccc(F)c2nc3c(c(NN)c12)CCCCC3. The second-order valence-corrected chi connectivity index (χ2v) is 5.09. The summed E-state index contributed by atoms with van der Waals surface area (Å²) in [5.74, 6) is 5.96. The Labute approximate surface area is 117 Å². The molecule has 0 amide bonds. The minimum Gasteiger partial charge on any atom is -0.496 e. The highest BCUT2D eigenvalue weighted by molar-refractivity contribution is 5.98. The van der Waals surface area contributed by atoms with E-state index in [1.54, 1.807) is 13.2 Å². The van der Waals surface area contributed by atoms with Crippen molar-refractivity contribution in [1.82, 2.24) is 4.98 Å². The maximum Gasteiger partial charge on any atom is 0.149 e. The highest BCUT2D eigenvalue weighted by atomic mass is 19.1. The Hall–Kier alpha value is -1.88. The molecule has 0 saturated heterocycles. The first-order valence-electron chi connectivity index (χ1n) is 6.91. The fourth-order valence-corrected chi connectivity index (χ4v) is 2.97. The number of fused-ring (bicyclic) bond motifs is 2. The number of hydrogen-bond acceptors (Lipinski definition) is 4. The average molecular weight is 275 g/mol. The third-order valence-electron chi connectivity index (χ3n) is 3.94. The Morgan fingerprint density at radius 3 is 2.80 bits per heavy atom. The molecule has 3 N–H and O–H groups in total. The molecular weight excluding hydrogens is 257 g/mol. The zero-order valence-corrected chi connectivity index (χ0v) is 11.5. The molecule has 0 spiro atoms. The number of hydrazine groups is 1. The van der Waals surface area contributed by atoms with Crippen LogP contribution in [0.4, 0.5) is 10.1 Å². The third-order valence-corrected chi connectivity index (χ3v) is 3.94. The van der Waals surface area contributed by atoms with Gasteiger partial charge in [0, 0.05) is 5.69 Å². The molecule has 1 aromatic heterocycles. The lowest BCUT2D eigenvalue weighted by molar-refractivity contribution is 0.419. The summed E-state index contributed by atoms with van der Waals surface area (Å²) < 4.78 is 19.4. The second kappa shape index (κ2) is 5.25. The summed E-state index contributed by atoms with van der Waals surface area (Å²) in [5, 5.41) is 0.635. The first kappa shape index (κ1) is 13.1. The summed E-state index contributed by atoms with van der Waals surface area (Å²) in [6, 6.07) is 3.00. The van der Waals surface area contributed by atoms with Crippen molar-refractivity contribution in [2.75, 3.05) is 12.5 Å². The Morgan fingerprint density at radius 1 is 1.25 bits per heavy atom. The number of nitrogens with zero attached hydrogens (tertiary/aromatic N) is 1. The fourth-order valence-electron chi connectivity index (χ4n) is 2.97. The fraction of sp³-hybridized carbons (Fsp3) is 0.400. The van der Waals surface area contributed by atoms with E-state index in [1.165, 1.54) is 6.07 Å². The van der Waals surface area contributed by atoms with Crippen molar-refractivity contribution in [3.63, 3.8) is 0 Å². The molecule has 0 saturated carbocycles. The van der Waals surface area contributed by atoms with Crippen LogP contribution in [0.25, 0.3) is 10.9 Å². The van der Waals surface area contributed by atoms with Gasteiger partial charge in [-0.15, -0.1) is 0 Å². The number of nitrogens with one attached hydrogen (secondary N) is 1. The zero-order valence-electron chi connectivity index (χ0n) is 11.5. The summed E-state index contributed by atoms with van der Waals surface area (Å²) in [6.45, 7) is 0. The van der Waals surface area contributed by atoms with Crippen LogP contribution in [0.15, 0.2) is 12.1 Å². The minimum absolute atomic E-state index is 0.331. The molecule has 0 radical (unpaired) electrons. The van der Waals surface area contributed by atoms with Crippen LogP contribution in [0, 0.1) is 5.82 Å². The quantitative estimate of drug-likeness (QED) is 0.502. The van der Waals surface area contributed by atoms with Crippen LogP contribution < -0.4 is 16.0 Å². The van der Waals surface area contributed by atoms with Crippen molar-refractivity contribution in [2.24, 2.45) is 5.84 Å². The Morgan fingerprint density at radius 2 is 2.05 bits per heavy atom. The molecule has 2 aromatic rings. The molecule has 1 aromatic carbocycles. The summed E-state index contributed by atoms with van der Waals surface area (Å²) in [6.07, 6.45) is 5.14. The van der Waals surface area contributed by atoms with Gasteiger partial charge in [0.05, 0.1) is 18.2 Å². The van der Waals surface area contributed by atoms with Crippen LogP contribution in [-0.4, -0.2) is 12.1 Å². The number of nitrogens with two attached hydrogens (primary N) is 1. The van der Waals surface area contributed by atoms with Crippen molar-refractivity contribution in [3.8, 4) is 5.75 Å². The molecule has 0 bridgehead atoms. The van der Waals surface area contributed by atoms with E-state index < -0.39 is 0 Å². The number of nitrogen functional groups attached to an aromatic ring is 1. The average Bonchev–Trinajstić information content (AvgIpc) is 2.71. The van der Waals surface area contributed by atoms with E-state index in [0.29, 0.717) is 16.7 Å². The van der Waals surface area contributed by atoms with E-state index in [4.69, 9.17) is 10.6 Å². The normalized spacial score (nSPS) is 14.8. The van der Waals surface area contributed by atoms with E-state index in [-0.39, 0.29) is 5.82 Å². The molecule has 1 aliphatic rings. The van der Waals surface area contributed by atoms with Gasteiger partial charge in [0.15, 0.2) is 0 Å². The van der Waals surface area contributed by atoms with Gasteiger partial charge in [-0.05, 0) is 43.4 Å². The molecular formula is C15H18FN3O. The summed E-state index contributed by atoms with van der Waals surface area (Å²) in [7, 11) is 1.57. The number of rotatable bonds is 2. The smallest absolute Gasteiger partial charge is 0.149 e. The lowest BCUT2D eigenvalue weighted by Crippen LogP contribution is -2.13. The Bertz CT molecular complexity index is 657. The molecule has 4 nitrogen and oxygen atoms in total. The summed E-state index contributed by atoms with van der Waals surface area (Å²) in [5.41, 5.74) is 5.88. The van der Waals surface area contributed by atoms with Crippen molar-refractivity contribution in [2.45, 2.75) is 32.1 Å². The van der Waals surface area contributed by atoms with Crippen molar-refractivity contribution in [3.05, 3.63) is 29.2 Å². The largest absolute Gasteiger partial charge is 0.496 e. The second-order valence-electron chi connectivity index (χ2n) is 5.09. The summed E-state index contributed by atoms with van der Waals surface area (Å²) >= 11 is 0. The molecule has 0 unspecified atom stereocenters. The van der Waals surface area contributed by atoms with Gasteiger partial charge in [-0.25, -0.2) is 9.37 Å². The van der Waals surface area contributed by atoms with Crippen molar-refractivity contribution >= 4 is 16.6 Å². The third kappa shape index (κ3) is 1.98. The number of aryl methyl sites for hydroxylation is 1. The van der Waals surface area contributed by atoms with Gasteiger partial charge in [-0.2, -0.15) is 0 Å². The maximum absolute atomic E-state index is 14.1. The predicted molar refractivity (Wildman–Crippen MR) is 77.3 cm³/mol. The molecule has 0 aliphatic heterocycles. The molecule has 1 aliphatic carbocycles. The molecule has 5 heteroatoms. The van der Waals surface area contributed by atoms with Gasteiger partial charge in [0.1, 0.15) is 17.1 Å². The molecule has 3 rings (SSSR count). The lowest BCUT2D eigenvalue weighted by Gasteiger charge is -2.17. The summed E-state index contributed by atoms with van der Waals surface area (Å²) in [4.78, 5) is 4.54. The molecule has 1 heterocycles. The predicted octanol–water partition coefficient (Wildman–Crippen LogP) is 2.94. The molecule has 0 atom stereocenters. The highest BCUT2D eigenvalue weighted by Crippen LogP contribution is 2.38. The molecule has 20 heavy (non-hydrogen) atoms. The van der Waals surface area contributed by atoms with Gasteiger partial charge in [0.25, 0.3) is 0 Å². The Balaban J connectivity index is 2.39. The van der Waals surface area contributed by atoms with Gasteiger partial charge < -0.3 is 10.2 Å². The standard InChI is InChI=1S/C15H18FN3O/c1-20-12-8-7-10(16)15-13(12)14(19-17)9-5-3-2-4-6-11(9)18-15/h7-8H,2-6,17H2,1H3,(H,18,19). The highest BCUT2D eigenvalue weighted by Gasteiger charge is 2.20. The number of methoxy groups -OCH3 is 1.